The summed E-state index contributed by atoms with van der Waals surface area (Å²) in [7, 11) is -3.64. The summed E-state index contributed by atoms with van der Waals surface area (Å²) < 4.78 is 31.9. The Hall–Kier alpha value is -1.70. The quantitative estimate of drug-likeness (QED) is 0.804. The third-order valence-corrected chi connectivity index (χ3v) is 4.69. The van der Waals surface area contributed by atoms with Crippen LogP contribution in [0.3, 0.4) is 0 Å². The molecule has 7 heteroatoms. The summed E-state index contributed by atoms with van der Waals surface area (Å²) >= 11 is 0. The highest BCUT2D eigenvalue weighted by Crippen LogP contribution is 2.17. The molecule has 0 fully saturated rings. The largest absolute Gasteiger partial charge is 0.423 e. The zero-order chi connectivity index (χ0) is 15.6. The maximum Gasteiger partial charge on any atom is 0.336 e. The van der Waals surface area contributed by atoms with Gasteiger partial charge in [0.15, 0.2) is 0 Å². The molecule has 21 heavy (non-hydrogen) atoms. The van der Waals surface area contributed by atoms with Gasteiger partial charge in [-0.1, -0.05) is 13.8 Å². The molecule has 0 spiro atoms. The first kappa shape index (κ1) is 15.7. The number of sulfonamides is 1. The first-order valence-electron chi connectivity index (χ1n) is 6.59. The van der Waals surface area contributed by atoms with Crippen LogP contribution in [-0.2, 0) is 10.0 Å². The Balaban J connectivity index is 2.28. The van der Waals surface area contributed by atoms with Crippen molar-refractivity contribution in [3.63, 3.8) is 0 Å². The van der Waals surface area contributed by atoms with Gasteiger partial charge >= 0.3 is 5.63 Å². The van der Waals surface area contributed by atoms with Crippen molar-refractivity contribution in [1.29, 1.82) is 0 Å². The molecule has 0 radical (unpaired) electrons. The fourth-order valence-electron chi connectivity index (χ4n) is 1.74. The van der Waals surface area contributed by atoms with Gasteiger partial charge in [0.05, 0.1) is 4.90 Å². The van der Waals surface area contributed by atoms with Crippen LogP contribution in [0, 0.1) is 5.92 Å². The molecule has 2 aromatic rings. The van der Waals surface area contributed by atoms with Crippen LogP contribution in [0.2, 0.25) is 0 Å². The number of nitrogens with one attached hydrogen (secondary N) is 1. The fraction of sp³-hybridized carbons (Fsp3) is 0.357. The van der Waals surface area contributed by atoms with Crippen molar-refractivity contribution < 1.29 is 12.8 Å². The predicted molar refractivity (Wildman–Crippen MR) is 80.5 cm³/mol. The van der Waals surface area contributed by atoms with Gasteiger partial charge in [-0.05, 0) is 30.2 Å². The van der Waals surface area contributed by atoms with E-state index in [1.165, 1.54) is 30.3 Å². The van der Waals surface area contributed by atoms with Crippen molar-refractivity contribution in [2.24, 2.45) is 11.7 Å². The Kier molecular flexibility index (Phi) is 4.46. The molecule has 0 aliphatic rings. The molecule has 0 amide bonds. The van der Waals surface area contributed by atoms with E-state index < -0.39 is 15.6 Å². The van der Waals surface area contributed by atoms with E-state index in [1.807, 2.05) is 13.8 Å². The van der Waals surface area contributed by atoms with Crippen LogP contribution in [0.15, 0.2) is 44.4 Å². The second-order valence-electron chi connectivity index (χ2n) is 5.21. The van der Waals surface area contributed by atoms with Crippen molar-refractivity contribution in [3.8, 4) is 0 Å². The molecule has 0 bridgehead atoms. The summed E-state index contributed by atoms with van der Waals surface area (Å²) in [5.41, 5.74) is 5.71. The summed E-state index contributed by atoms with van der Waals surface area (Å²) in [6.07, 6.45) is 0. The predicted octanol–water partition coefficient (Wildman–Crippen LogP) is 1.05. The van der Waals surface area contributed by atoms with E-state index >= 15 is 0 Å². The van der Waals surface area contributed by atoms with Gasteiger partial charge in [-0.2, -0.15) is 0 Å². The van der Waals surface area contributed by atoms with Crippen LogP contribution >= 0.6 is 0 Å². The third kappa shape index (κ3) is 3.69. The van der Waals surface area contributed by atoms with E-state index in [1.54, 1.807) is 0 Å². The number of hydrogen-bond acceptors (Lipinski definition) is 5. The maximum atomic E-state index is 12.2. The molecule has 114 valence electrons. The highest BCUT2D eigenvalue weighted by atomic mass is 32.2. The van der Waals surface area contributed by atoms with Gasteiger partial charge in [0.2, 0.25) is 10.0 Å². The van der Waals surface area contributed by atoms with Gasteiger partial charge in [-0.3, -0.25) is 0 Å². The molecule has 1 unspecified atom stereocenters. The second kappa shape index (κ2) is 5.97. The minimum absolute atomic E-state index is 0.111. The van der Waals surface area contributed by atoms with Gasteiger partial charge in [0, 0.05) is 24.0 Å². The normalized spacial score (nSPS) is 13.7. The van der Waals surface area contributed by atoms with E-state index in [0.717, 1.165) is 0 Å². The Bertz CT molecular complexity index is 796. The minimum Gasteiger partial charge on any atom is -0.423 e. The molecule has 0 saturated carbocycles. The summed E-state index contributed by atoms with van der Waals surface area (Å²) in [6, 6.07) is 6.85. The topological polar surface area (TPSA) is 102 Å². The van der Waals surface area contributed by atoms with Crippen molar-refractivity contribution in [3.05, 3.63) is 40.8 Å². The van der Waals surface area contributed by atoms with Crippen LogP contribution in [0.25, 0.3) is 11.0 Å². The number of rotatable bonds is 5. The van der Waals surface area contributed by atoms with Gasteiger partial charge in [0.25, 0.3) is 0 Å². The van der Waals surface area contributed by atoms with E-state index in [-0.39, 0.29) is 23.4 Å². The van der Waals surface area contributed by atoms with E-state index in [0.29, 0.717) is 11.0 Å². The lowest BCUT2D eigenvalue weighted by Crippen LogP contribution is -2.40. The second-order valence-corrected chi connectivity index (χ2v) is 6.98. The number of hydrogen-bond donors (Lipinski definition) is 2. The lowest BCUT2D eigenvalue weighted by atomic mass is 10.1. The lowest BCUT2D eigenvalue weighted by Gasteiger charge is -2.16. The lowest BCUT2D eigenvalue weighted by molar-refractivity contribution is 0.481. The highest BCUT2D eigenvalue weighted by molar-refractivity contribution is 7.89. The van der Waals surface area contributed by atoms with Crippen LogP contribution in [0.4, 0.5) is 0 Å². The van der Waals surface area contributed by atoms with E-state index in [2.05, 4.69) is 4.72 Å². The molecule has 0 aliphatic carbocycles. The Morgan fingerprint density at radius 1 is 1.24 bits per heavy atom. The summed E-state index contributed by atoms with van der Waals surface area (Å²) in [6.45, 7) is 4.02. The van der Waals surface area contributed by atoms with Gasteiger partial charge in [0.1, 0.15) is 5.58 Å². The van der Waals surface area contributed by atoms with E-state index in [9.17, 15) is 13.2 Å². The van der Waals surface area contributed by atoms with Gasteiger partial charge < -0.3 is 10.2 Å². The molecule has 6 nitrogen and oxygen atoms in total. The SMILES string of the molecule is CC(C)C(N)CNS(=O)(=O)c1ccc2oc(=O)ccc2c1. The van der Waals surface area contributed by atoms with Gasteiger partial charge in [-0.15, -0.1) is 0 Å². The average molecular weight is 310 g/mol. The molecule has 1 aromatic carbocycles. The summed E-state index contributed by atoms with van der Waals surface area (Å²) in [4.78, 5) is 11.2. The molecule has 2 rings (SSSR count). The van der Waals surface area contributed by atoms with Crippen molar-refractivity contribution >= 4 is 21.0 Å². The Labute approximate surface area is 123 Å². The molecule has 1 heterocycles. The summed E-state index contributed by atoms with van der Waals surface area (Å²) in [5, 5.41) is 0.547. The highest BCUT2D eigenvalue weighted by Gasteiger charge is 2.17. The standard InChI is InChI=1S/C14H18N2O4S/c1-9(2)12(15)8-16-21(18,19)11-4-5-13-10(7-11)3-6-14(17)20-13/h3-7,9,12,16H,8,15H2,1-2H3. The van der Waals surface area contributed by atoms with E-state index in [4.69, 9.17) is 10.2 Å². The molecule has 1 atom stereocenters. The summed E-state index contributed by atoms with van der Waals surface area (Å²) in [5.74, 6) is 0.179. The van der Waals surface area contributed by atoms with Gasteiger partial charge in [-0.25, -0.2) is 17.9 Å². The van der Waals surface area contributed by atoms with Crippen molar-refractivity contribution in [2.45, 2.75) is 24.8 Å². The average Bonchev–Trinajstić information content (AvgIpc) is 2.44. The first-order valence-corrected chi connectivity index (χ1v) is 8.07. The van der Waals surface area contributed by atoms with Crippen molar-refractivity contribution in [1.82, 2.24) is 4.72 Å². The minimum atomic E-state index is -3.64. The molecular formula is C14H18N2O4S. The Morgan fingerprint density at radius 3 is 2.62 bits per heavy atom. The van der Waals surface area contributed by atoms with Crippen LogP contribution in [0.5, 0.6) is 0 Å². The molecular weight excluding hydrogens is 292 g/mol. The molecule has 0 aliphatic heterocycles. The van der Waals surface area contributed by atoms with Crippen LogP contribution in [0.1, 0.15) is 13.8 Å². The fourth-order valence-corrected chi connectivity index (χ4v) is 2.85. The maximum absolute atomic E-state index is 12.2. The van der Waals surface area contributed by atoms with Crippen LogP contribution in [-0.4, -0.2) is 21.0 Å². The zero-order valence-electron chi connectivity index (χ0n) is 11.9. The zero-order valence-corrected chi connectivity index (χ0v) is 12.7. The molecule has 0 saturated heterocycles. The van der Waals surface area contributed by atoms with Crippen LogP contribution < -0.4 is 16.1 Å². The number of benzene rings is 1. The number of fused-ring (bicyclic) bond motifs is 1. The third-order valence-electron chi connectivity index (χ3n) is 3.27. The van der Waals surface area contributed by atoms with Crippen molar-refractivity contribution in [2.75, 3.05) is 6.54 Å². The smallest absolute Gasteiger partial charge is 0.336 e. The molecule has 3 N–H and O–H groups in total. The number of nitrogens with two attached hydrogens (primary N) is 1. The Morgan fingerprint density at radius 2 is 1.95 bits per heavy atom. The molecule has 1 aromatic heterocycles. The first-order chi connectivity index (χ1) is 9.79. The monoisotopic (exact) mass is 310 g/mol.